The van der Waals surface area contributed by atoms with Crippen LogP contribution in [0.2, 0.25) is 0 Å². The molecule has 82 valence electrons. The molecule has 1 aliphatic rings. The molecular weight excluding hydrogens is 174 g/mol. The molecule has 0 aromatic heterocycles. The second-order valence-electron chi connectivity index (χ2n) is 4.90. The summed E-state index contributed by atoms with van der Waals surface area (Å²) in [5.41, 5.74) is 6.02. The summed E-state index contributed by atoms with van der Waals surface area (Å²) in [4.78, 5) is 11.8. The molecule has 0 aromatic carbocycles. The van der Waals surface area contributed by atoms with Gasteiger partial charge < -0.3 is 5.73 Å². The molecule has 0 saturated heterocycles. The first kappa shape index (κ1) is 11.7. The Labute approximate surface area is 87.2 Å². The van der Waals surface area contributed by atoms with Gasteiger partial charge in [-0.15, -0.1) is 0 Å². The normalized spacial score (nSPS) is 22.2. The summed E-state index contributed by atoms with van der Waals surface area (Å²) in [6.07, 6.45) is 7.18. The summed E-state index contributed by atoms with van der Waals surface area (Å²) in [5, 5.41) is 0. The van der Waals surface area contributed by atoms with Gasteiger partial charge in [-0.25, -0.2) is 0 Å². The number of hydrogen-bond donors (Lipinski definition) is 1. The predicted octanol–water partition coefficient (Wildman–Crippen LogP) is 2.65. The molecule has 1 fully saturated rings. The Kier molecular flexibility index (Phi) is 4.11. The number of Topliss-reactive ketones (excluding diaryl/α,β-unsaturated/α-hetero) is 1. The van der Waals surface area contributed by atoms with Crippen LogP contribution >= 0.6 is 0 Å². The summed E-state index contributed by atoms with van der Waals surface area (Å²) in [6, 6.07) is 0. The van der Waals surface area contributed by atoms with Crippen molar-refractivity contribution in [2.45, 2.75) is 64.3 Å². The van der Waals surface area contributed by atoms with E-state index in [-0.39, 0.29) is 11.5 Å². The maximum absolute atomic E-state index is 11.8. The summed E-state index contributed by atoms with van der Waals surface area (Å²) in [7, 11) is 0. The summed E-state index contributed by atoms with van der Waals surface area (Å²) in [5.74, 6) is 0.581. The highest BCUT2D eigenvalue weighted by Gasteiger charge is 2.32. The minimum atomic E-state index is -0.154. The average molecular weight is 197 g/mol. The number of carbonyl (C=O) groups excluding carboxylic acids is 1. The smallest absolute Gasteiger partial charge is 0.137 e. The molecule has 2 heteroatoms. The summed E-state index contributed by atoms with van der Waals surface area (Å²) >= 11 is 0. The van der Waals surface area contributed by atoms with Gasteiger partial charge in [0, 0.05) is 17.9 Å². The van der Waals surface area contributed by atoms with E-state index < -0.39 is 0 Å². The van der Waals surface area contributed by atoms with Gasteiger partial charge in [0.1, 0.15) is 5.78 Å². The van der Waals surface area contributed by atoms with Crippen molar-refractivity contribution in [1.82, 2.24) is 0 Å². The second-order valence-corrected chi connectivity index (χ2v) is 4.90. The maximum atomic E-state index is 11.8. The van der Waals surface area contributed by atoms with Crippen molar-refractivity contribution >= 4 is 5.78 Å². The van der Waals surface area contributed by atoms with Crippen LogP contribution in [0.25, 0.3) is 0 Å². The molecule has 0 spiro atoms. The van der Waals surface area contributed by atoms with Crippen molar-refractivity contribution in [3.8, 4) is 0 Å². The van der Waals surface area contributed by atoms with E-state index in [0.29, 0.717) is 12.2 Å². The molecule has 14 heavy (non-hydrogen) atoms. The van der Waals surface area contributed by atoms with Crippen LogP contribution in [0.1, 0.15) is 58.8 Å². The fourth-order valence-corrected chi connectivity index (χ4v) is 2.37. The molecule has 1 aliphatic carbocycles. The zero-order valence-corrected chi connectivity index (χ0v) is 9.51. The number of rotatable bonds is 5. The van der Waals surface area contributed by atoms with Crippen molar-refractivity contribution in [3.05, 3.63) is 0 Å². The highest BCUT2D eigenvalue weighted by atomic mass is 16.1. The maximum Gasteiger partial charge on any atom is 0.137 e. The zero-order valence-electron chi connectivity index (χ0n) is 9.51. The molecule has 0 aromatic rings. The molecule has 1 unspecified atom stereocenters. The number of nitrogens with two attached hydrogens (primary N) is 1. The van der Waals surface area contributed by atoms with Gasteiger partial charge in [-0.2, -0.15) is 0 Å². The summed E-state index contributed by atoms with van der Waals surface area (Å²) < 4.78 is 0. The van der Waals surface area contributed by atoms with Crippen LogP contribution in [0, 0.1) is 5.92 Å². The molecule has 0 bridgehead atoms. The van der Waals surface area contributed by atoms with Gasteiger partial charge >= 0.3 is 0 Å². The van der Waals surface area contributed by atoms with Crippen molar-refractivity contribution in [3.63, 3.8) is 0 Å². The van der Waals surface area contributed by atoms with Gasteiger partial charge in [-0.3, -0.25) is 4.79 Å². The van der Waals surface area contributed by atoms with Crippen LogP contribution in [0.5, 0.6) is 0 Å². The van der Waals surface area contributed by atoms with E-state index in [0.717, 1.165) is 25.7 Å². The lowest BCUT2D eigenvalue weighted by molar-refractivity contribution is -0.123. The Balaban J connectivity index is 2.39. The lowest BCUT2D eigenvalue weighted by Crippen LogP contribution is -2.39. The predicted molar refractivity (Wildman–Crippen MR) is 59.1 cm³/mol. The summed E-state index contributed by atoms with van der Waals surface area (Å²) in [6.45, 7) is 4.15. The van der Waals surface area contributed by atoms with E-state index in [2.05, 4.69) is 6.92 Å². The van der Waals surface area contributed by atoms with E-state index in [9.17, 15) is 4.79 Å². The number of carbonyl (C=O) groups is 1. The largest absolute Gasteiger partial charge is 0.325 e. The van der Waals surface area contributed by atoms with Crippen molar-refractivity contribution in [2.24, 2.45) is 11.7 Å². The van der Waals surface area contributed by atoms with Gasteiger partial charge in [0.25, 0.3) is 0 Å². The van der Waals surface area contributed by atoms with Crippen molar-refractivity contribution in [1.29, 1.82) is 0 Å². The molecule has 0 amide bonds. The van der Waals surface area contributed by atoms with Gasteiger partial charge in [-0.1, -0.05) is 33.1 Å². The molecule has 0 aliphatic heterocycles. The Bertz CT molecular complexity index is 194. The van der Waals surface area contributed by atoms with Crippen molar-refractivity contribution in [2.75, 3.05) is 0 Å². The number of ketones is 1. The Hall–Kier alpha value is -0.370. The Morgan fingerprint density at radius 3 is 2.50 bits per heavy atom. The van der Waals surface area contributed by atoms with Gasteiger partial charge in [-0.05, 0) is 19.3 Å². The van der Waals surface area contributed by atoms with Crippen LogP contribution in [0.4, 0.5) is 0 Å². The third kappa shape index (κ3) is 3.09. The van der Waals surface area contributed by atoms with Gasteiger partial charge in [0.05, 0.1) is 0 Å². The van der Waals surface area contributed by atoms with E-state index >= 15 is 0 Å². The lowest BCUT2D eigenvalue weighted by atomic mass is 9.87. The van der Waals surface area contributed by atoms with Crippen LogP contribution in [-0.2, 0) is 4.79 Å². The molecule has 2 N–H and O–H groups in total. The monoisotopic (exact) mass is 197 g/mol. The highest BCUT2D eigenvalue weighted by molar-refractivity contribution is 5.81. The quantitative estimate of drug-likeness (QED) is 0.736. The molecule has 1 atom stereocenters. The van der Waals surface area contributed by atoms with Crippen LogP contribution in [-0.4, -0.2) is 11.3 Å². The third-order valence-corrected chi connectivity index (χ3v) is 3.40. The molecule has 2 nitrogen and oxygen atoms in total. The molecule has 0 heterocycles. The fourth-order valence-electron chi connectivity index (χ4n) is 2.37. The minimum absolute atomic E-state index is 0.154. The zero-order chi connectivity index (χ0) is 10.6. The minimum Gasteiger partial charge on any atom is -0.325 e. The van der Waals surface area contributed by atoms with Crippen LogP contribution in [0.15, 0.2) is 0 Å². The highest BCUT2D eigenvalue weighted by Crippen LogP contribution is 2.31. The Morgan fingerprint density at radius 1 is 1.43 bits per heavy atom. The van der Waals surface area contributed by atoms with E-state index in [4.69, 9.17) is 5.73 Å². The number of hydrogen-bond acceptors (Lipinski definition) is 2. The molecule has 1 saturated carbocycles. The molecule has 1 rings (SSSR count). The standard InChI is InChI=1S/C12H23NO/c1-3-6-10(2)11(14)9-12(13)7-4-5-8-12/h10H,3-9,13H2,1-2H3. The molecule has 0 radical (unpaired) electrons. The average Bonchev–Trinajstić information content (AvgIpc) is 2.52. The lowest BCUT2D eigenvalue weighted by Gasteiger charge is -2.24. The van der Waals surface area contributed by atoms with E-state index in [1.807, 2.05) is 6.92 Å². The first-order valence-electron chi connectivity index (χ1n) is 5.89. The van der Waals surface area contributed by atoms with Crippen molar-refractivity contribution < 1.29 is 4.79 Å². The van der Waals surface area contributed by atoms with E-state index in [1.165, 1.54) is 12.8 Å². The first-order valence-corrected chi connectivity index (χ1v) is 5.89. The Morgan fingerprint density at radius 2 is 2.00 bits per heavy atom. The fraction of sp³-hybridized carbons (Fsp3) is 0.917. The van der Waals surface area contributed by atoms with Gasteiger partial charge in [0.15, 0.2) is 0 Å². The topological polar surface area (TPSA) is 43.1 Å². The third-order valence-electron chi connectivity index (χ3n) is 3.40. The second kappa shape index (κ2) is 4.92. The van der Waals surface area contributed by atoms with E-state index in [1.54, 1.807) is 0 Å². The van der Waals surface area contributed by atoms with Crippen LogP contribution < -0.4 is 5.73 Å². The SMILES string of the molecule is CCCC(C)C(=O)CC1(N)CCCC1. The first-order chi connectivity index (χ1) is 6.57. The molecular formula is C12H23NO. The van der Waals surface area contributed by atoms with Gasteiger partial charge in [0.2, 0.25) is 0 Å². The van der Waals surface area contributed by atoms with Crippen LogP contribution in [0.3, 0.4) is 0 Å².